The lowest BCUT2D eigenvalue weighted by Gasteiger charge is -2.19. The number of hydrogen-bond donors (Lipinski definition) is 2. The number of ether oxygens (including phenoxy) is 2. The number of thiocarbonyl (C=S) groups is 1. The van der Waals surface area contributed by atoms with Crippen molar-refractivity contribution < 1.29 is 9.47 Å². The molecular weight excluding hydrogens is 296 g/mol. The van der Waals surface area contributed by atoms with Crippen molar-refractivity contribution in [3.8, 4) is 11.5 Å². The first-order chi connectivity index (χ1) is 10.5. The van der Waals surface area contributed by atoms with Crippen LogP contribution in [0.3, 0.4) is 0 Å². The van der Waals surface area contributed by atoms with Crippen LogP contribution in [0.5, 0.6) is 11.5 Å². The molecule has 1 unspecified atom stereocenters. The zero-order valence-electron chi connectivity index (χ0n) is 14.2. The summed E-state index contributed by atoms with van der Waals surface area (Å²) >= 11 is 5.38. The van der Waals surface area contributed by atoms with Crippen molar-refractivity contribution in [3.05, 3.63) is 18.2 Å². The van der Waals surface area contributed by atoms with Crippen molar-refractivity contribution in [1.29, 1.82) is 0 Å². The topological polar surface area (TPSA) is 42.5 Å². The summed E-state index contributed by atoms with van der Waals surface area (Å²) in [7, 11) is 3.27. The first kappa shape index (κ1) is 18.6. The van der Waals surface area contributed by atoms with Crippen LogP contribution in [-0.2, 0) is 0 Å². The Labute approximate surface area is 139 Å². The van der Waals surface area contributed by atoms with Gasteiger partial charge in [0, 0.05) is 12.1 Å². The molecule has 0 fully saturated rings. The van der Waals surface area contributed by atoms with E-state index in [0.717, 1.165) is 29.5 Å². The van der Waals surface area contributed by atoms with Gasteiger partial charge in [0.25, 0.3) is 0 Å². The minimum atomic E-state index is 0.343. The summed E-state index contributed by atoms with van der Waals surface area (Å²) in [6.07, 6.45) is 3.56. The molecular formula is C17H28N2O2S. The number of methoxy groups -OCH3 is 2. The highest BCUT2D eigenvalue weighted by Crippen LogP contribution is 2.28. The highest BCUT2D eigenvalue weighted by atomic mass is 32.1. The molecule has 124 valence electrons. The Morgan fingerprint density at radius 1 is 1.14 bits per heavy atom. The van der Waals surface area contributed by atoms with Gasteiger partial charge >= 0.3 is 0 Å². The van der Waals surface area contributed by atoms with Gasteiger partial charge in [0.1, 0.15) is 11.5 Å². The van der Waals surface area contributed by atoms with Crippen LogP contribution in [0, 0.1) is 5.92 Å². The fraction of sp³-hybridized carbons (Fsp3) is 0.588. The van der Waals surface area contributed by atoms with Gasteiger partial charge < -0.3 is 20.1 Å². The maximum atomic E-state index is 5.38. The molecule has 1 atom stereocenters. The third-order valence-corrected chi connectivity index (χ3v) is 3.67. The van der Waals surface area contributed by atoms with E-state index in [-0.39, 0.29) is 0 Å². The van der Waals surface area contributed by atoms with E-state index in [2.05, 4.69) is 31.4 Å². The van der Waals surface area contributed by atoms with Gasteiger partial charge in [0.05, 0.1) is 19.9 Å². The molecule has 0 aliphatic carbocycles. The first-order valence-corrected chi connectivity index (χ1v) is 8.16. The number of hydrogen-bond acceptors (Lipinski definition) is 3. The zero-order valence-corrected chi connectivity index (χ0v) is 15.0. The van der Waals surface area contributed by atoms with E-state index in [4.69, 9.17) is 21.7 Å². The molecule has 1 aromatic rings. The van der Waals surface area contributed by atoms with E-state index in [9.17, 15) is 0 Å². The van der Waals surface area contributed by atoms with Gasteiger partial charge in [-0.25, -0.2) is 0 Å². The van der Waals surface area contributed by atoms with Gasteiger partial charge in [-0.1, -0.05) is 26.7 Å². The van der Waals surface area contributed by atoms with Crippen LogP contribution in [0.25, 0.3) is 0 Å². The van der Waals surface area contributed by atoms with E-state index >= 15 is 0 Å². The van der Waals surface area contributed by atoms with Crippen molar-refractivity contribution in [2.75, 3.05) is 19.5 Å². The number of benzene rings is 1. The SMILES string of the molecule is COc1ccc(OC)c(NC(=S)NC(C)CCCC(C)C)c1. The predicted octanol–water partition coefficient (Wildman–Crippen LogP) is 4.21. The van der Waals surface area contributed by atoms with Crippen molar-refractivity contribution in [2.24, 2.45) is 5.92 Å². The molecule has 1 rings (SSSR count). The zero-order chi connectivity index (χ0) is 16.5. The molecule has 1 aromatic carbocycles. The molecule has 0 amide bonds. The van der Waals surface area contributed by atoms with Gasteiger partial charge in [-0.05, 0) is 43.6 Å². The molecule has 0 spiro atoms. The molecule has 0 aromatic heterocycles. The largest absolute Gasteiger partial charge is 0.497 e. The third-order valence-electron chi connectivity index (χ3n) is 3.45. The predicted molar refractivity (Wildman–Crippen MR) is 97.1 cm³/mol. The average molecular weight is 324 g/mol. The lowest BCUT2D eigenvalue weighted by Crippen LogP contribution is -2.35. The Kier molecular flexibility index (Phi) is 8.02. The standard InChI is InChI=1S/C17H28N2O2S/c1-12(2)7-6-8-13(3)18-17(22)19-15-11-14(20-4)9-10-16(15)21-5/h9-13H,6-8H2,1-5H3,(H2,18,19,22). The van der Waals surface area contributed by atoms with E-state index < -0.39 is 0 Å². The monoisotopic (exact) mass is 324 g/mol. The van der Waals surface area contributed by atoms with Crippen LogP contribution in [0.15, 0.2) is 18.2 Å². The van der Waals surface area contributed by atoms with E-state index in [1.807, 2.05) is 18.2 Å². The van der Waals surface area contributed by atoms with Crippen LogP contribution in [0.1, 0.15) is 40.0 Å². The van der Waals surface area contributed by atoms with Crippen LogP contribution in [0.4, 0.5) is 5.69 Å². The molecule has 0 saturated heterocycles. The molecule has 0 saturated carbocycles. The number of anilines is 1. The molecule has 0 radical (unpaired) electrons. The first-order valence-electron chi connectivity index (χ1n) is 7.75. The molecule has 5 heteroatoms. The summed E-state index contributed by atoms with van der Waals surface area (Å²) in [5.74, 6) is 2.24. The van der Waals surface area contributed by atoms with Crippen molar-refractivity contribution in [2.45, 2.75) is 46.1 Å². The molecule has 4 nitrogen and oxygen atoms in total. The second-order valence-electron chi connectivity index (χ2n) is 5.89. The second kappa shape index (κ2) is 9.51. The maximum absolute atomic E-state index is 5.38. The summed E-state index contributed by atoms with van der Waals surface area (Å²) in [6, 6.07) is 5.93. The van der Waals surface area contributed by atoms with Gasteiger partial charge in [-0.15, -0.1) is 0 Å². The summed E-state index contributed by atoms with van der Waals surface area (Å²) in [5.41, 5.74) is 0.800. The van der Waals surface area contributed by atoms with Crippen molar-refractivity contribution in [3.63, 3.8) is 0 Å². The quantitative estimate of drug-likeness (QED) is 0.701. The Morgan fingerprint density at radius 3 is 2.45 bits per heavy atom. The average Bonchev–Trinajstić information content (AvgIpc) is 2.46. The summed E-state index contributed by atoms with van der Waals surface area (Å²) in [5, 5.41) is 7.10. The molecule has 2 N–H and O–H groups in total. The fourth-order valence-electron chi connectivity index (χ4n) is 2.20. The van der Waals surface area contributed by atoms with E-state index in [1.165, 1.54) is 12.8 Å². The van der Waals surface area contributed by atoms with Gasteiger partial charge in [0.2, 0.25) is 0 Å². The van der Waals surface area contributed by atoms with Crippen LogP contribution in [-0.4, -0.2) is 25.4 Å². The summed E-state index contributed by atoms with van der Waals surface area (Å²) in [4.78, 5) is 0. The van der Waals surface area contributed by atoms with Crippen molar-refractivity contribution >= 4 is 23.0 Å². The highest BCUT2D eigenvalue weighted by Gasteiger charge is 2.09. The Balaban J connectivity index is 2.53. The Morgan fingerprint density at radius 2 is 1.86 bits per heavy atom. The molecule has 0 aliphatic rings. The lowest BCUT2D eigenvalue weighted by atomic mass is 10.0. The summed E-state index contributed by atoms with van der Waals surface area (Å²) < 4.78 is 10.6. The normalized spacial score (nSPS) is 11.9. The minimum Gasteiger partial charge on any atom is -0.497 e. The second-order valence-corrected chi connectivity index (χ2v) is 6.30. The molecule has 0 aliphatic heterocycles. The molecule has 22 heavy (non-hydrogen) atoms. The molecule has 0 bridgehead atoms. The Bertz CT molecular complexity index is 478. The summed E-state index contributed by atoms with van der Waals surface area (Å²) in [6.45, 7) is 6.65. The lowest BCUT2D eigenvalue weighted by molar-refractivity contribution is 0.405. The van der Waals surface area contributed by atoms with Crippen LogP contribution >= 0.6 is 12.2 Å². The maximum Gasteiger partial charge on any atom is 0.171 e. The minimum absolute atomic E-state index is 0.343. The van der Waals surface area contributed by atoms with E-state index in [0.29, 0.717) is 11.2 Å². The van der Waals surface area contributed by atoms with Gasteiger partial charge in [-0.2, -0.15) is 0 Å². The van der Waals surface area contributed by atoms with Gasteiger partial charge in [-0.3, -0.25) is 0 Å². The third kappa shape index (κ3) is 6.52. The molecule has 0 heterocycles. The fourth-order valence-corrected chi connectivity index (χ4v) is 2.51. The smallest absolute Gasteiger partial charge is 0.171 e. The van der Waals surface area contributed by atoms with E-state index in [1.54, 1.807) is 14.2 Å². The van der Waals surface area contributed by atoms with Crippen molar-refractivity contribution in [1.82, 2.24) is 5.32 Å². The van der Waals surface area contributed by atoms with Gasteiger partial charge in [0.15, 0.2) is 5.11 Å². The highest BCUT2D eigenvalue weighted by molar-refractivity contribution is 7.80. The van der Waals surface area contributed by atoms with Crippen LogP contribution in [0.2, 0.25) is 0 Å². The number of nitrogens with one attached hydrogen (secondary N) is 2. The Hall–Kier alpha value is -1.49. The number of rotatable bonds is 8. The van der Waals surface area contributed by atoms with Crippen LogP contribution < -0.4 is 20.1 Å².